The third kappa shape index (κ3) is 5.93. The van der Waals surface area contributed by atoms with Crippen LogP contribution >= 0.6 is 11.6 Å². The number of rotatable bonds is 7. The lowest BCUT2D eigenvalue weighted by molar-refractivity contribution is -0.124. The predicted molar refractivity (Wildman–Crippen MR) is 127 cm³/mol. The number of carbonyl (C=O) groups excluding carboxylic acids is 2. The Labute approximate surface area is 199 Å². The number of benzene rings is 2. The van der Waals surface area contributed by atoms with E-state index in [9.17, 15) is 18.0 Å². The summed E-state index contributed by atoms with van der Waals surface area (Å²) in [7, 11) is -2.38. The maximum atomic E-state index is 13.6. The maximum absolute atomic E-state index is 13.6. The molecule has 1 aliphatic heterocycles. The Balaban J connectivity index is 1.93. The largest absolute Gasteiger partial charge is 0.355 e. The lowest BCUT2D eigenvalue weighted by Crippen LogP contribution is -2.48. The molecule has 1 aliphatic rings. The van der Waals surface area contributed by atoms with E-state index in [4.69, 9.17) is 18.0 Å². The second-order valence-electron chi connectivity index (χ2n) is 7.87. The van der Waals surface area contributed by atoms with Crippen molar-refractivity contribution >= 4 is 33.4 Å². The zero-order valence-electron chi connectivity index (χ0n) is 18.3. The molecule has 2 aromatic rings. The van der Waals surface area contributed by atoms with Gasteiger partial charge in [0.05, 0.1) is 11.4 Å². The highest BCUT2D eigenvalue weighted by Crippen LogP contribution is 2.26. The van der Waals surface area contributed by atoms with E-state index in [1.165, 1.54) is 33.5 Å². The second kappa shape index (κ2) is 10.8. The first-order valence-electron chi connectivity index (χ1n) is 10.6. The molecule has 1 atom stereocenters. The van der Waals surface area contributed by atoms with Gasteiger partial charge in [0.15, 0.2) is 0 Å². The molecule has 33 heavy (non-hydrogen) atoms. The van der Waals surface area contributed by atoms with Crippen molar-refractivity contribution in [2.75, 3.05) is 20.1 Å². The minimum atomic E-state index is -4.00. The van der Waals surface area contributed by atoms with Crippen LogP contribution in [0.5, 0.6) is 0 Å². The topological polar surface area (TPSA) is 86.8 Å². The molecule has 0 saturated carbocycles. The maximum Gasteiger partial charge on any atom is 0.254 e. The lowest BCUT2D eigenvalue weighted by atomic mass is 10.1. The average molecular weight is 488 g/mol. The highest BCUT2D eigenvalue weighted by atomic mass is 35.5. The number of halogens is 1. The van der Waals surface area contributed by atoms with Gasteiger partial charge in [0.25, 0.3) is 5.91 Å². The Morgan fingerprint density at radius 2 is 1.82 bits per heavy atom. The van der Waals surface area contributed by atoms with Gasteiger partial charge in [0.1, 0.15) is 6.04 Å². The highest BCUT2D eigenvalue weighted by Gasteiger charge is 2.36. The van der Waals surface area contributed by atoms with Crippen molar-refractivity contribution in [3.05, 3.63) is 64.7 Å². The molecule has 7 nitrogen and oxygen atoms in total. The molecule has 0 spiro atoms. The Morgan fingerprint density at radius 3 is 2.45 bits per heavy atom. The van der Waals surface area contributed by atoms with E-state index in [1.54, 1.807) is 31.3 Å². The summed E-state index contributed by atoms with van der Waals surface area (Å²) in [5.41, 5.74) is 1.09. The number of terminal acetylenes is 1. The van der Waals surface area contributed by atoms with Crippen molar-refractivity contribution < 1.29 is 18.0 Å². The van der Waals surface area contributed by atoms with Gasteiger partial charge >= 0.3 is 0 Å². The third-order valence-corrected chi connectivity index (χ3v) is 7.61. The molecular formula is C24H26ClN3O4S. The number of carbonyl (C=O) groups is 2. The molecule has 0 unspecified atom stereocenters. The van der Waals surface area contributed by atoms with Crippen LogP contribution in [0.4, 0.5) is 0 Å². The minimum absolute atomic E-state index is 0.0162. The number of hydrogen-bond acceptors (Lipinski definition) is 4. The van der Waals surface area contributed by atoms with Crippen LogP contribution in [0.25, 0.3) is 0 Å². The van der Waals surface area contributed by atoms with Crippen LogP contribution < -0.4 is 5.32 Å². The Hall–Kier alpha value is -2.86. The van der Waals surface area contributed by atoms with Gasteiger partial charge in [0, 0.05) is 30.7 Å². The van der Waals surface area contributed by atoms with Crippen LogP contribution in [-0.4, -0.2) is 55.6 Å². The molecule has 9 heteroatoms. The smallest absolute Gasteiger partial charge is 0.254 e. The van der Waals surface area contributed by atoms with Crippen LogP contribution in [0.3, 0.4) is 0 Å². The van der Waals surface area contributed by atoms with Gasteiger partial charge < -0.3 is 10.2 Å². The number of nitrogens with one attached hydrogen (secondary N) is 1. The molecule has 1 saturated heterocycles. The molecule has 174 valence electrons. The first-order valence-corrected chi connectivity index (χ1v) is 12.4. The first-order chi connectivity index (χ1) is 15.7. The van der Waals surface area contributed by atoms with Crippen molar-refractivity contribution in [3.63, 3.8) is 0 Å². The van der Waals surface area contributed by atoms with Crippen LogP contribution in [-0.2, 0) is 21.4 Å². The summed E-state index contributed by atoms with van der Waals surface area (Å²) in [6, 6.07) is 11.7. The number of hydrogen-bond donors (Lipinski definition) is 1. The number of nitrogens with zero attached hydrogens (tertiary/aromatic N) is 2. The number of sulfonamides is 1. The van der Waals surface area contributed by atoms with Crippen molar-refractivity contribution in [3.8, 4) is 12.3 Å². The predicted octanol–water partition coefficient (Wildman–Crippen LogP) is 2.90. The molecule has 0 radical (unpaired) electrons. The van der Waals surface area contributed by atoms with E-state index in [-0.39, 0.29) is 29.8 Å². The van der Waals surface area contributed by atoms with Crippen molar-refractivity contribution in [1.82, 2.24) is 14.5 Å². The van der Waals surface area contributed by atoms with E-state index in [1.807, 2.05) is 0 Å². The Kier molecular flexibility index (Phi) is 8.14. The van der Waals surface area contributed by atoms with Crippen LogP contribution in [0.15, 0.2) is 53.4 Å². The van der Waals surface area contributed by atoms with Gasteiger partial charge in [-0.05, 0) is 61.2 Å². The van der Waals surface area contributed by atoms with Crippen molar-refractivity contribution in [2.45, 2.75) is 36.7 Å². The quantitative estimate of drug-likeness (QED) is 0.608. The van der Waals surface area contributed by atoms with E-state index in [2.05, 4.69) is 11.2 Å². The standard InChI is InChI=1S/C24H26ClN3O4S/c1-3-16-27(2)24(30)19-9-7-18(8-10-19)17-28(22-6-4-5-15-26-23(22)29)33(31,32)21-13-11-20(25)12-14-21/h1,7-14,22H,4-6,15-17H2,2H3,(H,26,29)/t22-/m1/s1. The molecule has 2 aromatic carbocycles. The number of amides is 2. The summed E-state index contributed by atoms with van der Waals surface area (Å²) in [6.07, 6.45) is 7.21. The Bertz CT molecular complexity index is 1140. The van der Waals surface area contributed by atoms with Crippen LogP contribution in [0, 0.1) is 12.3 Å². The molecule has 2 amide bonds. The molecule has 1 N–H and O–H groups in total. The molecule has 0 aromatic heterocycles. The summed E-state index contributed by atoms with van der Waals surface area (Å²) in [5.74, 6) is 1.88. The van der Waals surface area contributed by atoms with Gasteiger partial charge in [-0.25, -0.2) is 8.42 Å². The van der Waals surface area contributed by atoms with Crippen LogP contribution in [0.1, 0.15) is 35.2 Å². The summed E-state index contributed by atoms with van der Waals surface area (Å²) < 4.78 is 28.4. The van der Waals surface area contributed by atoms with Gasteiger partial charge in [-0.1, -0.05) is 29.7 Å². The monoisotopic (exact) mass is 487 g/mol. The zero-order chi connectivity index (χ0) is 24.0. The minimum Gasteiger partial charge on any atom is -0.355 e. The zero-order valence-corrected chi connectivity index (χ0v) is 19.9. The van der Waals surface area contributed by atoms with Crippen molar-refractivity contribution in [1.29, 1.82) is 0 Å². The fourth-order valence-corrected chi connectivity index (χ4v) is 5.40. The van der Waals surface area contributed by atoms with Gasteiger partial charge in [0.2, 0.25) is 15.9 Å². The SMILES string of the molecule is C#CCN(C)C(=O)c1ccc(CN([C@@H]2CCCCNC2=O)S(=O)(=O)c2ccc(Cl)cc2)cc1. The summed E-state index contributed by atoms with van der Waals surface area (Å²) >= 11 is 5.93. The van der Waals surface area contributed by atoms with Gasteiger partial charge in [-0.2, -0.15) is 4.31 Å². The van der Waals surface area contributed by atoms with E-state index in [0.29, 0.717) is 29.1 Å². The Morgan fingerprint density at radius 1 is 1.15 bits per heavy atom. The summed E-state index contributed by atoms with van der Waals surface area (Å²) in [6.45, 7) is 0.689. The summed E-state index contributed by atoms with van der Waals surface area (Å²) in [4.78, 5) is 26.7. The second-order valence-corrected chi connectivity index (χ2v) is 10.2. The van der Waals surface area contributed by atoms with E-state index < -0.39 is 16.1 Å². The lowest BCUT2D eigenvalue weighted by Gasteiger charge is -2.29. The highest BCUT2D eigenvalue weighted by molar-refractivity contribution is 7.89. The molecule has 0 aliphatic carbocycles. The van der Waals surface area contributed by atoms with E-state index >= 15 is 0 Å². The summed E-state index contributed by atoms with van der Waals surface area (Å²) in [5, 5.41) is 3.23. The van der Waals surface area contributed by atoms with E-state index in [0.717, 1.165) is 12.8 Å². The normalized spacial score (nSPS) is 16.5. The van der Waals surface area contributed by atoms with Gasteiger partial charge in [-0.3, -0.25) is 9.59 Å². The molecule has 0 bridgehead atoms. The molecular weight excluding hydrogens is 462 g/mol. The average Bonchev–Trinajstić information content (AvgIpc) is 3.02. The third-order valence-electron chi connectivity index (χ3n) is 5.49. The van der Waals surface area contributed by atoms with Crippen molar-refractivity contribution in [2.24, 2.45) is 0 Å². The molecule has 1 heterocycles. The fraction of sp³-hybridized carbons (Fsp3) is 0.333. The van der Waals surface area contributed by atoms with Crippen LogP contribution in [0.2, 0.25) is 5.02 Å². The van der Waals surface area contributed by atoms with Gasteiger partial charge in [-0.15, -0.1) is 6.42 Å². The molecule has 3 rings (SSSR count). The first kappa shape index (κ1) is 24.8. The molecule has 1 fully saturated rings. The fourth-order valence-electron chi connectivity index (χ4n) is 3.66.